The van der Waals surface area contributed by atoms with Crippen LogP contribution in [0, 0.1) is 0 Å². The fourth-order valence-corrected chi connectivity index (χ4v) is 6.45. The van der Waals surface area contributed by atoms with E-state index in [9.17, 15) is 13.2 Å². The van der Waals surface area contributed by atoms with Crippen molar-refractivity contribution in [3.8, 4) is 11.5 Å². The number of benzene rings is 2. The van der Waals surface area contributed by atoms with Crippen molar-refractivity contribution >= 4 is 33.0 Å². The lowest BCUT2D eigenvalue weighted by Crippen LogP contribution is -2.61. The Kier molecular flexibility index (Phi) is 4.45. The van der Waals surface area contributed by atoms with E-state index in [2.05, 4.69) is 0 Å². The van der Waals surface area contributed by atoms with Crippen LogP contribution in [0.4, 0.5) is 5.69 Å². The molecule has 2 fully saturated rings. The number of fused-ring (bicyclic) bond motifs is 2. The molecule has 1 amide bonds. The normalized spacial score (nSPS) is 25.3. The number of halogens is 1. The Bertz CT molecular complexity index is 1070. The van der Waals surface area contributed by atoms with Crippen LogP contribution in [0.3, 0.4) is 0 Å². The molecule has 0 aliphatic carbocycles. The van der Waals surface area contributed by atoms with Gasteiger partial charge in [0, 0.05) is 23.3 Å². The van der Waals surface area contributed by atoms with Gasteiger partial charge in [0.25, 0.3) is 0 Å². The number of piperazine rings is 1. The molecule has 3 heterocycles. The highest BCUT2D eigenvalue weighted by atomic mass is 35.5. The number of amides is 1. The zero-order valence-corrected chi connectivity index (χ0v) is 17.0. The van der Waals surface area contributed by atoms with E-state index >= 15 is 0 Å². The fourth-order valence-electron chi connectivity index (χ4n) is 4.34. The number of hydrogen-bond donors (Lipinski definition) is 0. The van der Waals surface area contributed by atoms with Gasteiger partial charge in [0.1, 0.15) is 0 Å². The number of carbonyl (C=O) groups is 1. The SMILES string of the molecule is O=C1CN(Cc2ccc3c(c2)OCO3)[C@@H]2CS(=O)(=O)C[C@H]2N1c1ccc(Cl)cc1. The van der Waals surface area contributed by atoms with Crippen LogP contribution in [0.25, 0.3) is 0 Å². The molecule has 0 aromatic heterocycles. The zero-order valence-electron chi connectivity index (χ0n) is 15.5. The molecule has 0 bridgehead atoms. The summed E-state index contributed by atoms with van der Waals surface area (Å²) < 4.78 is 35.7. The third-order valence-corrected chi connectivity index (χ3v) is 7.58. The van der Waals surface area contributed by atoms with E-state index in [-0.39, 0.29) is 36.8 Å². The lowest BCUT2D eigenvalue weighted by Gasteiger charge is -2.43. The minimum atomic E-state index is -3.24. The average Bonchev–Trinajstić information content (AvgIpc) is 3.26. The molecule has 0 N–H and O–H groups in total. The quantitative estimate of drug-likeness (QED) is 0.736. The van der Waals surface area contributed by atoms with Gasteiger partial charge in [0.2, 0.25) is 12.7 Å². The predicted molar refractivity (Wildman–Crippen MR) is 108 cm³/mol. The summed E-state index contributed by atoms with van der Waals surface area (Å²) in [4.78, 5) is 16.6. The summed E-state index contributed by atoms with van der Waals surface area (Å²) in [5, 5.41) is 0.568. The second kappa shape index (κ2) is 6.90. The topological polar surface area (TPSA) is 76.1 Å². The summed E-state index contributed by atoms with van der Waals surface area (Å²) in [5.74, 6) is 1.25. The average molecular weight is 435 g/mol. The molecular formula is C20H19ClN2O5S. The van der Waals surface area contributed by atoms with Gasteiger partial charge in [0.05, 0.1) is 24.1 Å². The Morgan fingerprint density at radius 3 is 2.52 bits per heavy atom. The van der Waals surface area contributed by atoms with Crippen molar-refractivity contribution in [3.63, 3.8) is 0 Å². The number of ether oxygens (including phenoxy) is 2. The van der Waals surface area contributed by atoms with Crippen LogP contribution < -0.4 is 14.4 Å². The molecule has 152 valence electrons. The summed E-state index contributed by atoms with van der Waals surface area (Å²) in [5.41, 5.74) is 1.62. The van der Waals surface area contributed by atoms with Gasteiger partial charge in [-0.3, -0.25) is 9.69 Å². The Labute approximate surface area is 173 Å². The fraction of sp³-hybridized carbons (Fsp3) is 0.350. The van der Waals surface area contributed by atoms with E-state index in [0.29, 0.717) is 28.8 Å². The molecule has 0 spiro atoms. The Balaban J connectivity index is 1.45. The van der Waals surface area contributed by atoms with E-state index in [0.717, 1.165) is 5.56 Å². The molecule has 2 aromatic carbocycles. The van der Waals surface area contributed by atoms with Crippen molar-refractivity contribution in [2.24, 2.45) is 0 Å². The number of hydrogen-bond acceptors (Lipinski definition) is 6. The van der Waals surface area contributed by atoms with Crippen LogP contribution in [-0.2, 0) is 21.2 Å². The van der Waals surface area contributed by atoms with Gasteiger partial charge in [-0.1, -0.05) is 17.7 Å². The highest BCUT2D eigenvalue weighted by molar-refractivity contribution is 7.91. The highest BCUT2D eigenvalue weighted by Crippen LogP contribution is 2.35. The van der Waals surface area contributed by atoms with Crippen LogP contribution in [0.5, 0.6) is 11.5 Å². The minimum Gasteiger partial charge on any atom is -0.454 e. The van der Waals surface area contributed by atoms with Gasteiger partial charge in [0.15, 0.2) is 21.3 Å². The van der Waals surface area contributed by atoms with Gasteiger partial charge in [-0.25, -0.2) is 8.42 Å². The van der Waals surface area contributed by atoms with Gasteiger partial charge < -0.3 is 14.4 Å². The molecule has 29 heavy (non-hydrogen) atoms. The second-order valence-corrected chi connectivity index (χ2v) is 10.1. The lowest BCUT2D eigenvalue weighted by atomic mass is 10.0. The first-order valence-corrected chi connectivity index (χ1v) is 11.5. The Hall–Kier alpha value is -2.29. The molecule has 7 nitrogen and oxygen atoms in total. The molecule has 0 radical (unpaired) electrons. The molecule has 3 aliphatic heterocycles. The van der Waals surface area contributed by atoms with Crippen LogP contribution in [0.2, 0.25) is 5.02 Å². The molecular weight excluding hydrogens is 416 g/mol. The number of anilines is 1. The molecule has 2 saturated heterocycles. The van der Waals surface area contributed by atoms with E-state index in [4.69, 9.17) is 21.1 Å². The monoisotopic (exact) mass is 434 g/mol. The number of rotatable bonds is 3. The second-order valence-electron chi connectivity index (χ2n) is 7.54. The Morgan fingerprint density at radius 1 is 1.00 bits per heavy atom. The molecule has 2 aromatic rings. The maximum Gasteiger partial charge on any atom is 0.241 e. The number of carbonyl (C=O) groups excluding carboxylic acids is 1. The van der Waals surface area contributed by atoms with Gasteiger partial charge in [-0.15, -0.1) is 0 Å². The van der Waals surface area contributed by atoms with Crippen LogP contribution in [0.15, 0.2) is 42.5 Å². The van der Waals surface area contributed by atoms with Crippen molar-refractivity contribution in [1.82, 2.24) is 4.90 Å². The summed E-state index contributed by atoms with van der Waals surface area (Å²) in [6.07, 6.45) is 0. The summed E-state index contributed by atoms with van der Waals surface area (Å²) in [6.45, 7) is 0.807. The number of nitrogens with zero attached hydrogens (tertiary/aromatic N) is 2. The Morgan fingerprint density at radius 2 is 1.72 bits per heavy atom. The van der Waals surface area contributed by atoms with Crippen LogP contribution >= 0.6 is 11.6 Å². The van der Waals surface area contributed by atoms with Crippen LogP contribution in [0.1, 0.15) is 5.56 Å². The van der Waals surface area contributed by atoms with E-state index in [1.807, 2.05) is 23.1 Å². The molecule has 5 rings (SSSR count). The summed E-state index contributed by atoms with van der Waals surface area (Å²) in [7, 11) is -3.24. The first-order valence-electron chi connectivity index (χ1n) is 9.30. The molecule has 0 unspecified atom stereocenters. The van der Waals surface area contributed by atoms with Crippen molar-refractivity contribution in [1.29, 1.82) is 0 Å². The van der Waals surface area contributed by atoms with Gasteiger partial charge in [-0.2, -0.15) is 0 Å². The van der Waals surface area contributed by atoms with E-state index < -0.39 is 15.9 Å². The third kappa shape index (κ3) is 3.45. The first kappa shape index (κ1) is 18.7. The molecule has 0 saturated carbocycles. The minimum absolute atomic E-state index is 0.0380. The molecule has 3 aliphatic rings. The van der Waals surface area contributed by atoms with E-state index in [1.165, 1.54) is 0 Å². The van der Waals surface area contributed by atoms with E-state index in [1.54, 1.807) is 29.2 Å². The summed E-state index contributed by atoms with van der Waals surface area (Å²) in [6, 6.07) is 11.9. The van der Waals surface area contributed by atoms with Crippen molar-refractivity contribution < 1.29 is 22.7 Å². The predicted octanol–water partition coefficient (Wildman–Crippen LogP) is 2.08. The van der Waals surface area contributed by atoms with Crippen molar-refractivity contribution in [2.75, 3.05) is 29.7 Å². The maximum atomic E-state index is 13.0. The smallest absolute Gasteiger partial charge is 0.241 e. The van der Waals surface area contributed by atoms with Crippen LogP contribution in [-0.4, -0.2) is 56.2 Å². The largest absolute Gasteiger partial charge is 0.454 e. The zero-order chi connectivity index (χ0) is 20.2. The molecule has 9 heteroatoms. The van der Waals surface area contributed by atoms with Crippen molar-refractivity contribution in [3.05, 3.63) is 53.1 Å². The van der Waals surface area contributed by atoms with Gasteiger partial charge >= 0.3 is 0 Å². The first-order chi connectivity index (χ1) is 13.9. The summed E-state index contributed by atoms with van der Waals surface area (Å²) >= 11 is 5.97. The lowest BCUT2D eigenvalue weighted by molar-refractivity contribution is -0.123. The third-order valence-electron chi connectivity index (χ3n) is 5.63. The maximum absolute atomic E-state index is 13.0. The standard InChI is InChI=1S/C20H19ClN2O5S/c21-14-2-4-15(5-3-14)23-17-11-29(25,26)10-16(17)22(9-20(23)24)8-13-1-6-18-19(7-13)28-12-27-18/h1-7,16-17H,8-12H2/t16-,17-/m1/s1. The number of sulfone groups is 1. The molecule has 2 atom stereocenters. The van der Waals surface area contributed by atoms with Crippen molar-refractivity contribution in [2.45, 2.75) is 18.6 Å². The highest BCUT2D eigenvalue weighted by Gasteiger charge is 2.49. The van der Waals surface area contributed by atoms with Gasteiger partial charge in [-0.05, 0) is 42.0 Å².